The molecular weight excluding hydrogens is 272 g/mol. The van der Waals surface area contributed by atoms with Gasteiger partial charge in [-0.25, -0.2) is 0 Å². The van der Waals surface area contributed by atoms with Crippen LogP contribution in [0.15, 0.2) is 41.1 Å². The first-order chi connectivity index (χ1) is 7.78. The minimum Gasteiger partial charge on any atom is -0.454 e. The zero-order valence-electron chi connectivity index (χ0n) is 8.51. The predicted molar refractivity (Wildman–Crippen MR) is 63.5 cm³/mol. The molecule has 0 unspecified atom stereocenters. The second-order valence-electron chi connectivity index (χ2n) is 3.22. The number of aromatic nitrogens is 2. The summed E-state index contributed by atoms with van der Waals surface area (Å²) in [5.74, 6) is 1.42. The number of ether oxygens (including phenoxy) is 1. The molecule has 16 heavy (non-hydrogen) atoms. The van der Waals surface area contributed by atoms with Gasteiger partial charge in [-0.15, -0.1) is 0 Å². The highest BCUT2D eigenvalue weighted by atomic mass is 79.9. The van der Waals surface area contributed by atoms with Gasteiger partial charge in [0, 0.05) is 4.47 Å². The summed E-state index contributed by atoms with van der Waals surface area (Å²) in [6, 6.07) is 7.56. The molecule has 0 aliphatic carbocycles. The van der Waals surface area contributed by atoms with Crippen molar-refractivity contribution in [1.82, 2.24) is 9.78 Å². The molecule has 0 saturated carbocycles. The zero-order valence-corrected chi connectivity index (χ0v) is 10.1. The molecule has 2 rings (SSSR count). The number of hydrogen-bond donors (Lipinski definition) is 1. The number of benzene rings is 1. The Bertz CT molecular complexity index is 453. The van der Waals surface area contributed by atoms with Crippen LogP contribution in [0.3, 0.4) is 0 Å². The summed E-state index contributed by atoms with van der Waals surface area (Å²) < 4.78 is 8.22. The van der Waals surface area contributed by atoms with Crippen LogP contribution in [-0.2, 0) is 6.54 Å². The molecule has 0 aliphatic heterocycles. The maximum absolute atomic E-state index is 8.74. The van der Waals surface area contributed by atoms with Crippen LogP contribution >= 0.6 is 15.9 Å². The lowest BCUT2D eigenvalue weighted by Crippen LogP contribution is -2.01. The summed E-state index contributed by atoms with van der Waals surface area (Å²) in [7, 11) is 0. The van der Waals surface area contributed by atoms with E-state index in [1.165, 1.54) is 0 Å². The maximum Gasteiger partial charge on any atom is 0.165 e. The van der Waals surface area contributed by atoms with Crippen LogP contribution in [-0.4, -0.2) is 21.5 Å². The van der Waals surface area contributed by atoms with E-state index in [0.717, 1.165) is 10.2 Å². The molecule has 0 radical (unpaired) electrons. The van der Waals surface area contributed by atoms with Gasteiger partial charge in [-0.05, 0) is 24.3 Å². The van der Waals surface area contributed by atoms with Crippen molar-refractivity contribution in [3.63, 3.8) is 0 Å². The van der Waals surface area contributed by atoms with Crippen LogP contribution in [0, 0.1) is 0 Å². The third-order valence-corrected chi connectivity index (χ3v) is 2.52. The Balaban J connectivity index is 2.05. The van der Waals surface area contributed by atoms with Gasteiger partial charge in [0.15, 0.2) is 5.75 Å². The molecule has 0 spiro atoms. The normalized spacial score (nSPS) is 10.4. The Kier molecular flexibility index (Phi) is 3.58. The molecule has 1 N–H and O–H groups in total. The minimum atomic E-state index is 0.0689. The van der Waals surface area contributed by atoms with E-state index in [9.17, 15) is 0 Å². The third kappa shape index (κ3) is 2.84. The van der Waals surface area contributed by atoms with Crippen molar-refractivity contribution in [1.29, 1.82) is 0 Å². The van der Waals surface area contributed by atoms with E-state index in [1.807, 2.05) is 24.3 Å². The predicted octanol–water partition coefficient (Wildman–Crippen LogP) is 2.43. The summed E-state index contributed by atoms with van der Waals surface area (Å²) in [4.78, 5) is 0. The van der Waals surface area contributed by atoms with Crippen molar-refractivity contribution in [2.45, 2.75) is 6.54 Å². The summed E-state index contributed by atoms with van der Waals surface area (Å²) in [5.41, 5.74) is 0. The average Bonchev–Trinajstić information content (AvgIpc) is 2.70. The van der Waals surface area contributed by atoms with Crippen molar-refractivity contribution in [3.8, 4) is 11.5 Å². The molecule has 2 aromatic rings. The molecule has 84 valence electrons. The molecule has 0 atom stereocenters. The van der Waals surface area contributed by atoms with Gasteiger partial charge in [0.05, 0.1) is 25.5 Å². The number of halogens is 1. The quantitative estimate of drug-likeness (QED) is 0.937. The summed E-state index contributed by atoms with van der Waals surface area (Å²) >= 11 is 3.36. The Morgan fingerprint density at radius 1 is 1.25 bits per heavy atom. The van der Waals surface area contributed by atoms with Crippen LogP contribution in [0.1, 0.15) is 0 Å². The lowest BCUT2D eigenvalue weighted by molar-refractivity contribution is 0.269. The number of hydrogen-bond acceptors (Lipinski definition) is 3. The molecule has 0 bridgehead atoms. The summed E-state index contributed by atoms with van der Waals surface area (Å²) in [5, 5.41) is 12.8. The van der Waals surface area contributed by atoms with E-state index in [4.69, 9.17) is 9.84 Å². The lowest BCUT2D eigenvalue weighted by atomic mass is 10.3. The summed E-state index contributed by atoms with van der Waals surface area (Å²) in [6.07, 6.45) is 3.37. The smallest absolute Gasteiger partial charge is 0.165 e. The maximum atomic E-state index is 8.74. The van der Waals surface area contributed by atoms with Gasteiger partial charge in [-0.2, -0.15) is 5.10 Å². The van der Waals surface area contributed by atoms with E-state index in [-0.39, 0.29) is 6.61 Å². The molecule has 0 fully saturated rings. The lowest BCUT2D eigenvalue weighted by Gasteiger charge is -2.01. The van der Waals surface area contributed by atoms with Crippen LogP contribution in [0.2, 0.25) is 0 Å². The van der Waals surface area contributed by atoms with Gasteiger partial charge in [0.25, 0.3) is 0 Å². The number of rotatable bonds is 4. The second-order valence-corrected chi connectivity index (χ2v) is 4.13. The first kappa shape index (κ1) is 11.2. The van der Waals surface area contributed by atoms with Crippen LogP contribution in [0.5, 0.6) is 11.5 Å². The van der Waals surface area contributed by atoms with Crippen molar-refractivity contribution in [2.75, 3.05) is 6.61 Å². The Hall–Kier alpha value is -1.33. The highest BCUT2D eigenvalue weighted by Crippen LogP contribution is 2.22. The standard InChI is InChI=1S/C11H11BrN2O2/c12-9-1-3-10(4-2-9)16-11-7-13-14(8-11)5-6-15/h1-4,7-8,15H,5-6H2. The molecule has 4 nitrogen and oxygen atoms in total. The van der Waals surface area contributed by atoms with Gasteiger partial charge < -0.3 is 9.84 Å². The highest BCUT2D eigenvalue weighted by molar-refractivity contribution is 9.10. The molecule has 1 heterocycles. The van der Waals surface area contributed by atoms with Crippen molar-refractivity contribution >= 4 is 15.9 Å². The Morgan fingerprint density at radius 3 is 2.69 bits per heavy atom. The van der Waals surface area contributed by atoms with E-state index in [0.29, 0.717) is 12.3 Å². The Labute approximate surface area is 102 Å². The van der Waals surface area contributed by atoms with E-state index in [2.05, 4.69) is 21.0 Å². The number of aliphatic hydroxyl groups is 1. The topological polar surface area (TPSA) is 47.3 Å². The van der Waals surface area contributed by atoms with E-state index < -0.39 is 0 Å². The third-order valence-electron chi connectivity index (χ3n) is 1.99. The minimum absolute atomic E-state index is 0.0689. The summed E-state index contributed by atoms with van der Waals surface area (Å²) in [6.45, 7) is 0.545. The van der Waals surface area contributed by atoms with Crippen LogP contribution in [0.4, 0.5) is 0 Å². The van der Waals surface area contributed by atoms with E-state index >= 15 is 0 Å². The van der Waals surface area contributed by atoms with Gasteiger partial charge >= 0.3 is 0 Å². The molecule has 0 amide bonds. The fourth-order valence-corrected chi connectivity index (χ4v) is 1.53. The van der Waals surface area contributed by atoms with Crippen LogP contribution in [0.25, 0.3) is 0 Å². The monoisotopic (exact) mass is 282 g/mol. The van der Waals surface area contributed by atoms with Gasteiger partial charge in [0.1, 0.15) is 5.75 Å². The van der Waals surface area contributed by atoms with E-state index in [1.54, 1.807) is 17.1 Å². The molecule has 5 heteroatoms. The Morgan fingerprint density at radius 2 is 2.00 bits per heavy atom. The molecule has 1 aromatic heterocycles. The van der Waals surface area contributed by atoms with Crippen molar-refractivity contribution < 1.29 is 9.84 Å². The largest absolute Gasteiger partial charge is 0.454 e. The van der Waals surface area contributed by atoms with Gasteiger partial charge in [0.2, 0.25) is 0 Å². The first-order valence-electron chi connectivity index (χ1n) is 4.84. The average molecular weight is 283 g/mol. The molecule has 0 aliphatic rings. The van der Waals surface area contributed by atoms with Gasteiger partial charge in [-0.3, -0.25) is 4.68 Å². The molecule has 1 aromatic carbocycles. The fraction of sp³-hybridized carbons (Fsp3) is 0.182. The molecule has 0 saturated heterocycles. The van der Waals surface area contributed by atoms with Gasteiger partial charge in [-0.1, -0.05) is 15.9 Å². The number of nitrogens with zero attached hydrogens (tertiary/aromatic N) is 2. The first-order valence-corrected chi connectivity index (χ1v) is 5.64. The highest BCUT2D eigenvalue weighted by Gasteiger charge is 2.00. The van der Waals surface area contributed by atoms with Crippen molar-refractivity contribution in [2.24, 2.45) is 0 Å². The number of aliphatic hydroxyl groups excluding tert-OH is 1. The van der Waals surface area contributed by atoms with Crippen LogP contribution < -0.4 is 4.74 Å². The zero-order chi connectivity index (χ0) is 11.4. The fourth-order valence-electron chi connectivity index (χ4n) is 1.26. The molecular formula is C11H11BrN2O2. The second kappa shape index (κ2) is 5.14. The van der Waals surface area contributed by atoms with Crippen molar-refractivity contribution in [3.05, 3.63) is 41.1 Å². The SMILES string of the molecule is OCCn1cc(Oc2ccc(Br)cc2)cn1.